The average Bonchev–Trinajstić information content (AvgIpc) is 3.25. The first-order valence-corrected chi connectivity index (χ1v) is 7.35. The Morgan fingerprint density at radius 1 is 1.29 bits per heavy atom. The molecule has 3 N–H and O–H groups in total. The Kier molecular flexibility index (Phi) is 3.34. The third kappa shape index (κ3) is 2.54. The van der Waals surface area contributed by atoms with Crippen LogP contribution < -0.4 is 10.6 Å². The van der Waals surface area contributed by atoms with Gasteiger partial charge in [-0.15, -0.1) is 5.10 Å². The van der Waals surface area contributed by atoms with Gasteiger partial charge in [0.1, 0.15) is 6.26 Å². The van der Waals surface area contributed by atoms with E-state index in [0.717, 1.165) is 11.1 Å². The van der Waals surface area contributed by atoms with Crippen molar-refractivity contribution in [3.05, 3.63) is 48.4 Å². The first-order valence-electron chi connectivity index (χ1n) is 7.35. The minimum absolute atomic E-state index is 0.0852. The van der Waals surface area contributed by atoms with E-state index in [1.165, 1.54) is 12.5 Å². The van der Waals surface area contributed by atoms with Crippen LogP contribution in [0.2, 0.25) is 0 Å². The zero-order valence-electron chi connectivity index (χ0n) is 12.4. The SMILES string of the molecule is O=C1C[C@@H](C(=O)Nc2n[nH]c(-c3ccoc3)n2)c2ccccc2N1. The standard InChI is InChI=1S/C16H13N5O3/c22-13-7-11(10-3-1-2-4-12(10)17-13)15(23)19-16-18-14(20-21-16)9-5-6-24-8-9/h1-6,8,11H,7H2,(H,17,22)(H2,18,19,20,21,23)/t11-/m1/s1. The maximum absolute atomic E-state index is 12.6. The molecular formula is C16H13N5O3. The fourth-order valence-corrected chi connectivity index (χ4v) is 2.69. The molecule has 0 fully saturated rings. The van der Waals surface area contributed by atoms with Gasteiger partial charge < -0.3 is 9.73 Å². The van der Waals surface area contributed by atoms with Crippen LogP contribution in [0.5, 0.6) is 0 Å². The smallest absolute Gasteiger partial charge is 0.249 e. The van der Waals surface area contributed by atoms with Gasteiger partial charge >= 0.3 is 0 Å². The number of hydrogen-bond donors (Lipinski definition) is 3. The number of furan rings is 1. The second-order valence-corrected chi connectivity index (χ2v) is 5.40. The molecule has 3 heterocycles. The topological polar surface area (TPSA) is 113 Å². The Balaban J connectivity index is 1.56. The van der Waals surface area contributed by atoms with Crippen LogP contribution in [0.15, 0.2) is 47.3 Å². The lowest BCUT2D eigenvalue weighted by atomic mass is 9.90. The van der Waals surface area contributed by atoms with Crippen molar-refractivity contribution in [2.75, 3.05) is 10.6 Å². The van der Waals surface area contributed by atoms with Crippen molar-refractivity contribution in [3.8, 4) is 11.4 Å². The highest BCUT2D eigenvalue weighted by molar-refractivity contribution is 6.04. The van der Waals surface area contributed by atoms with Gasteiger partial charge in [0.25, 0.3) is 0 Å². The highest BCUT2D eigenvalue weighted by Crippen LogP contribution is 2.32. The van der Waals surface area contributed by atoms with Crippen molar-refractivity contribution >= 4 is 23.5 Å². The number of carbonyl (C=O) groups is 2. The molecule has 120 valence electrons. The molecule has 0 spiro atoms. The molecule has 0 radical (unpaired) electrons. The van der Waals surface area contributed by atoms with Gasteiger partial charge in [-0.3, -0.25) is 20.0 Å². The summed E-state index contributed by atoms with van der Waals surface area (Å²) < 4.78 is 4.99. The highest BCUT2D eigenvalue weighted by Gasteiger charge is 2.31. The lowest BCUT2D eigenvalue weighted by Gasteiger charge is -2.24. The highest BCUT2D eigenvalue weighted by atomic mass is 16.3. The molecule has 1 aliphatic rings. The molecule has 0 bridgehead atoms. The number of nitrogens with zero attached hydrogens (tertiary/aromatic N) is 2. The number of H-pyrrole nitrogens is 1. The number of para-hydroxylation sites is 1. The van der Waals surface area contributed by atoms with E-state index in [9.17, 15) is 9.59 Å². The minimum Gasteiger partial charge on any atom is -0.472 e. The van der Waals surface area contributed by atoms with Gasteiger partial charge in [-0.25, -0.2) is 0 Å². The zero-order valence-corrected chi connectivity index (χ0v) is 12.4. The summed E-state index contributed by atoms with van der Waals surface area (Å²) in [5.41, 5.74) is 2.16. The molecule has 3 aromatic rings. The van der Waals surface area contributed by atoms with Gasteiger partial charge in [0, 0.05) is 12.1 Å². The van der Waals surface area contributed by atoms with Crippen LogP contribution >= 0.6 is 0 Å². The number of benzene rings is 1. The van der Waals surface area contributed by atoms with Crippen LogP contribution in [-0.4, -0.2) is 27.0 Å². The predicted octanol–water partition coefficient (Wildman–Crippen LogP) is 2.13. The summed E-state index contributed by atoms with van der Waals surface area (Å²) >= 11 is 0. The van der Waals surface area contributed by atoms with Gasteiger partial charge in [-0.05, 0) is 17.7 Å². The molecule has 1 atom stereocenters. The summed E-state index contributed by atoms with van der Waals surface area (Å²) in [6.07, 6.45) is 3.13. The van der Waals surface area contributed by atoms with Gasteiger partial charge in [0.2, 0.25) is 17.8 Å². The maximum atomic E-state index is 12.6. The van der Waals surface area contributed by atoms with E-state index in [-0.39, 0.29) is 24.2 Å². The summed E-state index contributed by atoms with van der Waals surface area (Å²) in [5, 5.41) is 12.1. The Morgan fingerprint density at radius 3 is 3.00 bits per heavy atom. The maximum Gasteiger partial charge on any atom is 0.249 e. The third-order valence-electron chi connectivity index (χ3n) is 3.83. The molecule has 24 heavy (non-hydrogen) atoms. The summed E-state index contributed by atoms with van der Waals surface area (Å²) in [6, 6.07) is 8.98. The average molecular weight is 323 g/mol. The molecule has 2 amide bonds. The van der Waals surface area contributed by atoms with Gasteiger partial charge in [0.15, 0.2) is 5.82 Å². The fraction of sp³-hybridized carbons (Fsp3) is 0.125. The lowest BCUT2D eigenvalue weighted by molar-refractivity contribution is -0.123. The summed E-state index contributed by atoms with van der Waals surface area (Å²) in [5.74, 6) is -0.454. The quantitative estimate of drug-likeness (QED) is 0.683. The van der Waals surface area contributed by atoms with Crippen LogP contribution in [0.4, 0.5) is 11.6 Å². The van der Waals surface area contributed by atoms with Crippen LogP contribution in [0.1, 0.15) is 17.9 Å². The van der Waals surface area contributed by atoms with E-state index in [4.69, 9.17) is 4.42 Å². The summed E-state index contributed by atoms with van der Waals surface area (Å²) in [6.45, 7) is 0. The van der Waals surface area contributed by atoms with E-state index in [0.29, 0.717) is 11.5 Å². The minimum atomic E-state index is -0.578. The molecule has 1 aromatic carbocycles. The van der Waals surface area contributed by atoms with Crippen LogP contribution in [0.3, 0.4) is 0 Å². The Morgan fingerprint density at radius 2 is 2.17 bits per heavy atom. The number of aromatic nitrogens is 3. The molecule has 0 aliphatic carbocycles. The summed E-state index contributed by atoms with van der Waals surface area (Å²) in [7, 11) is 0. The van der Waals surface area contributed by atoms with Gasteiger partial charge in [-0.2, -0.15) is 4.98 Å². The van der Waals surface area contributed by atoms with Gasteiger partial charge in [-0.1, -0.05) is 18.2 Å². The van der Waals surface area contributed by atoms with E-state index in [1.54, 1.807) is 12.1 Å². The Hall–Kier alpha value is -3.42. The normalized spacial score (nSPS) is 16.3. The largest absolute Gasteiger partial charge is 0.472 e. The van der Waals surface area contributed by atoms with Crippen molar-refractivity contribution in [1.29, 1.82) is 0 Å². The van der Waals surface area contributed by atoms with Crippen molar-refractivity contribution < 1.29 is 14.0 Å². The van der Waals surface area contributed by atoms with E-state index in [1.807, 2.05) is 18.2 Å². The molecule has 8 nitrogen and oxygen atoms in total. The number of nitrogens with one attached hydrogen (secondary N) is 3. The van der Waals surface area contributed by atoms with Crippen molar-refractivity contribution in [2.24, 2.45) is 0 Å². The van der Waals surface area contributed by atoms with E-state index >= 15 is 0 Å². The molecule has 0 saturated carbocycles. The Bertz CT molecular complexity index is 900. The van der Waals surface area contributed by atoms with Gasteiger partial charge in [0.05, 0.1) is 17.7 Å². The number of hydrogen-bond acceptors (Lipinski definition) is 5. The second kappa shape index (κ2) is 5.65. The molecule has 4 rings (SSSR count). The second-order valence-electron chi connectivity index (χ2n) is 5.40. The number of aromatic amines is 1. The monoisotopic (exact) mass is 323 g/mol. The van der Waals surface area contributed by atoms with Crippen LogP contribution in [0, 0.1) is 0 Å². The predicted molar refractivity (Wildman–Crippen MR) is 85.1 cm³/mol. The number of fused-ring (bicyclic) bond motifs is 1. The number of anilines is 2. The molecule has 2 aromatic heterocycles. The van der Waals surface area contributed by atoms with Crippen molar-refractivity contribution in [1.82, 2.24) is 15.2 Å². The zero-order chi connectivity index (χ0) is 16.5. The van der Waals surface area contributed by atoms with Crippen molar-refractivity contribution in [3.63, 3.8) is 0 Å². The molecule has 1 aliphatic heterocycles. The first-order chi connectivity index (χ1) is 11.7. The van der Waals surface area contributed by atoms with Crippen LogP contribution in [-0.2, 0) is 9.59 Å². The van der Waals surface area contributed by atoms with Crippen LogP contribution in [0.25, 0.3) is 11.4 Å². The number of carbonyl (C=O) groups excluding carboxylic acids is 2. The number of amides is 2. The summed E-state index contributed by atoms with van der Waals surface area (Å²) in [4.78, 5) is 28.6. The fourth-order valence-electron chi connectivity index (χ4n) is 2.69. The molecule has 8 heteroatoms. The molecule has 0 saturated heterocycles. The third-order valence-corrected chi connectivity index (χ3v) is 3.83. The lowest BCUT2D eigenvalue weighted by Crippen LogP contribution is -2.31. The van der Waals surface area contributed by atoms with Crippen molar-refractivity contribution in [2.45, 2.75) is 12.3 Å². The Labute approximate surface area is 136 Å². The van der Waals surface area contributed by atoms with E-state index in [2.05, 4.69) is 25.8 Å². The first kappa shape index (κ1) is 14.2. The molecule has 0 unspecified atom stereocenters. The molecular weight excluding hydrogens is 310 g/mol. The van der Waals surface area contributed by atoms with E-state index < -0.39 is 5.92 Å². The number of rotatable bonds is 3.